The van der Waals surface area contributed by atoms with Gasteiger partial charge in [-0.15, -0.1) is 0 Å². The highest BCUT2D eigenvalue weighted by molar-refractivity contribution is 9.11. The molecule has 1 aliphatic rings. The van der Waals surface area contributed by atoms with Gasteiger partial charge in [0.25, 0.3) is 11.1 Å². The van der Waals surface area contributed by atoms with E-state index in [9.17, 15) is 9.59 Å². The summed E-state index contributed by atoms with van der Waals surface area (Å²) in [6.07, 6.45) is 1.69. The minimum absolute atomic E-state index is 0.267. The summed E-state index contributed by atoms with van der Waals surface area (Å²) in [5, 5.41) is -0.268. The molecule has 0 unspecified atom stereocenters. The lowest BCUT2D eigenvalue weighted by Crippen LogP contribution is -2.27. The fourth-order valence-corrected chi connectivity index (χ4v) is 4.92. The summed E-state index contributed by atoms with van der Waals surface area (Å²) < 4.78 is 7.01. The Balaban J connectivity index is 1.90. The third-order valence-electron chi connectivity index (χ3n) is 3.82. The molecule has 0 spiro atoms. The second-order valence-electron chi connectivity index (χ2n) is 5.77. The molecule has 2 aromatic carbocycles. The molecule has 1 fully saturated rings. The zero-order valence-electron chi connectivity index (χ0n) is 14.1. The second kappa shape index (κ2) is 7.98. The summed E-state index contributed by atoms with van der Waals surface area (Å²) in [7, 11) is 1.56. The van der Waals surface area contributed by atoms with Gasteiger partial charge in [-0.1, -0.05) is 45.8 Å². The van der Waals surface area contributed by atoms with Gasteiger partial charge in [0.15, 0.2) is 0 Å². The summed E-state index contributed by atoms with van der Waals surface area (Å²) in [6, 6.07) is 11.5. The molecule has 134 valence electrons. The largest absolute Gasteiger partial charge is 0.495 e. The average molecular weight is 497 g/mol. The van der Waals surface area contributed by atoms with Crippen molar-refractivity contribution in [1.82, 2.24) is 4.90 Å². The first-order valence-corrected chi connectivity index (χ1v) is 10.1. The van der Waals surface area contributed by atoms with Crippen LogP contribution in [0.15, 0.2) is 50.2 Å². The molecule has 1 saturated heterocycles. The van der Waals surface area contributed by atoms with Crippen LogP contribution in [0, 0.1) is 6.92 Å². The number of hydrogen-bond acceptors (Lipinski definition) is 4. The highest BCUT2D eigenvalue weighted by Gasteiger charge is 2.35. The zero-order chi connectivity index (χ0) is 18.8. The molecule has 2 aromatic rings. The standard InChI is InChI=1S/C19H15Br2NO3S/c1-11-4-3-5-12(6-11)10-22-18(23)16(26-19(22)24)8-13-7-14(20)9-15(21)17(13)25-2/h3-9H,10H2,1-2H3/b16-8+. The van der Waals surface area contributed by atoms with Gasteiger partial charge in [0.1, 0.15) is 5.75 Å². The van der Waals surface area contributed by atoms with Gasteiger partial charge in [-0.2, -0.15) is 0 Å². The SMILES string of the molecule is COc1c(Br)cc(Br)cc1/C=C1/SC(=O)N(Cc2cccc(C)c2)C1=O. The van der Waals surface area contributed by atoms with E-state index < -0.39 is 0 Å². The van der Waals surface area contributed by atoms with Crippen LogP contribution >= 0.6 is 43.6 Å². The second-order valence-corrected chi connectivity index (χ2v) is 8.53. The highest BCUT2D eigenvalue weighted by atomic mass is 79.9. The van der Waals surface area contributed by atoms with Crippen molar-refractivity contribution in [2.45, 2.75) is 13.5 Å². The van der Waals surface area contributed by atoms with Gasteiger partial charge in [0.2, 0.25) is 0 Å². The van der Waals surface area contributed by atoms with Gasteiger partial charge in [0, 0.05) is 10.0 Å². The zero-order valence-corrected chi connectivity index (χ0v) is 18.1. The summed E-state index contributed by atoms with van der Waals surface area (Å²) in [5.74, 6) is 0.318. The number of aryl methyl sites for hydroxylation is 1. The third kappa shape index (κ3) is 4.05. The Labute approximate surface area is 172 Å². The fraction of sp³-hybridized carbons (Fsp3) is 0.158. The molecular weight excluding hydrogens is 482 g/mol. The van der Waals surface area contributed by atoms with Crippen LogP contribution in [0.3, 0.4) is 0 Å². The van der Waals surface area contributed by atoms with E-state index in [0.717, 1.165) is 37.4 Å². The number of hydrogen-bond donors (Lipinski definition) is 0. The van der Waals surface area contributed by atoms with Crippen LogP contribution in [0.2, 0.25) is 0 Å². The normalized spacial score (nSPS) is 15.8. The van der Waals surface area contributed by atoms with Crippen molar-refractivity contribution in [2.75, 3.05) is 7.11 Å². The molecule has 0 bridgehead atoms. The van der Waals surface area contributed by atoms with E-state index >= 15 is 0 Å². The van der Waals surface area contributed by atoms with Gasteiger partial charge in [0.05, 0.1) is 23.0 Å². The van der Waals surface area contributed by atoms with Gasteiger partial charge < -0.3 is 4.74 Å². The topological polar surface area (TPSA) is 46.6 Å². The van der Waals surface area contributed by atoms with Crippen molar-refractivity contribution in [3.63, 3.8) is 0 Å². The van der Waals surface area contributed by atoms with E-state index in [-0.39, 0.29) is 17.7 Å². The van der Waals surface area contributed by atoms with E-state index in [1.54, 1.807) is 13.2 Å². The maximum Gasteiger partial charge on any atom is 0.293 e. The van der Waals surface area contributed by atoms with Crippen molar-refractivity contribution < 1.29 is 14.3 Å². The summed E-state index contributed by atoms with van der Waals surface area (Å²) in [6.45, 7) is 2.25. The Hall–Kier alpha value is -1.57. The molecule has 7 heteroatoms. The van der Waals surface area contributed by atoms with Crippen LogP contribution in [0.1, 0.15) is 16.7 Å². The number of methoxy groups -OCH3 is 1. The number of nitrogens with zero attached hydrogens (tertiary/aromatic N) is 1. The number of amides is 2. The lowest BCUT2D eigenvalue weighted by atomic mass is 10.1. The molecule has 1 heterocycles. The molecule has 2 amide bonds. The van der Waals surface area contributed by atoms with E-state index in [0.29, 0.717) is 10.7 Å². The molecule has 0 radical (unpaired) electrons. The molecule has 1 aliphatic heterocycles. The number of thioether (sulfide) groups is 1. The number of imide groups is 1. The first-order chi connectivity index (χ1) is 12.4. The molecule has 3 rings (SSSR count). The number of ether oxygens (including phenoxy) is 1. The fourth-order valence-electron chi connectivity index (χ4n) is 2.67. The Bertz CT molecular complexity index is 927. The summed E-state index contributed by atoms with van der Waals surface area (Å²) >= 11 is 7.82. The van der Waals surface area contributed by atoms with Crippen molar-refractivity contribution >= 4 is 60.8 Å². The molecule has 0 aliphatic carbocycles. The number of halogens is 2. The molecule has 0 atom stereocenters. The molecule has 26 heavy (non-hydrogen) atoms. The predicted octanol–water partition coefficient (Wildman–Crippen LogP) is 5.77. The van der Waals surface area contributed by atoms with Crippen LogP contribution in [-0.2, 0) is 11.3 Å². The molecule has 0 N–H and O–H groups in total. The maximum atomic E-state index is 12.7. The Morgan fingerprint density at radius 2 is 1.96 bits per heavy atom. The van der Waals surface area contributed by atoms with Gasteiger partial charge >= 0.3 is 0 Å². The molecule has 0 saturated carbocycles. The monoisotopic (exact) mass is 495 g/mol. The van der Waals surface area contributed by atoms with E-state index in [2.05, 4.69) is 31.9 Å². The van der Waals surface area contributed by atoms with Crippen LogP contribution in [0.25, 0.3) is 6.08 Å². The summed E-state index contributed by atoms with van der Waals surface area (Å²) in [4.78, 5) is 26.7. The molecular formula is C19H15Br2NO3S. The van der Waals surface area contributed by atoms with Gasteiger partial charge in [-0.25, -0.2) is 0 Å². The minimum Gasteiger partial charge on any atom is -0.495 e. The smallest absolute Gasteiger partial charge is 0.293 e. The quantitative estimate of drug-likeness (QED) is 0.504. The van der Waals surface area contributed by atoms with Gasteiger partial charge in [-0.05, 0) is 58.4 Å². The van der Waals surface area contributed by atoms with Crippen LogP contribution in [-0.4, -0.2) is 23.2 Å². The first-order valence-electron chi connectivity index (χ1n) is 7.73. The minimum atomic E-state index is -0.292. The Morgan fingerprint density at radius 1 is 1.19 bits per heavy atom. The van der Waals surface area contributed by atoms with Crippen molar-refractivity contribution in [3.8, 4) is 5.75 Å². The van der Waals surface area contributed by atoms with Crippen LogP contribution in [0.4, 0.5) is 4.79 Å². The predicted molar refractivity (Wildman–Crippen MR) is 111 cm³/mol. The average Bonchev–Trinajstić information content (AvgIpc) is 2.82. The van der Waals surface area contributed by atoms with Gasteiger partial charge in [-0.3, -0.25) is 14.5 Å². The van der Waals surface area contributed by atoms with E-state index in [1.807, 2.05) is 43.3 Å². The number of benzene rings is 2. The first kappa shape index (κ1) is 19.2. The van der Waals surface area contributed by atoms with Crippen molar-refractivity contribution in [1.29, 1.82) is 0 Å². The molecule has 4 nitrogen and oxygen atoms in total. The van der Waals surface area contributed by atoms with Crippen LogP contribution < -0.4 is 4.74 Å². The highest BCUT2D eigenvalue weighted by Crippen LogP contribution is 2.38. The summed E-state index contributed by atoms with van der Waals surface area (Å²) in [5.41, 5.74) is 2.74. The van der Waals surface area contributed by atoms with Crippen molar-refractivity contribution in [2.24, 2.45) is 0 Å². The lowest BCUT2D eigenvalue weighted by Gasteiger charge is -2.13. The van der Waals surface area contributed by atoms with E-state index in [4.69, 9.17) is 4.74 Å². The maximum absolute atomic E-state index is 12.7. The number of rotatable bonds is 4. The number of carbonyl (C=O) groups excluding carboxylic acids is 2. The van der Waals surface area contributed by atoms with Crippen LogP contribution in [0.5, 0.6) is 5.75 Å². The van der Waals surface area contributed by atoms with E-state index in [1.165, 1.54) is 4.90 Å². The van der Waals surface area contributed by atoms with Crippen molar-refractivity contribution in [3.05, 3.63) is 66.9 Å². The third-order valence-corrected chi connectivity index (χ3v) is 5.78. The molecule has 0 aromatic heterocycles. The lowest BCUT2D eigenvalue weighted by molar-refractivity contribution is -0.123. The number of carbonyl (C=O) groups is 2. The Kier molecular flexibility index (Phi) is 5.89. The Morgan fingerprint density at radius 3 is 2.65 bits per heavy atom.